The van der Waals surface area contributed by atoms with Crippen LogP contribution in [0.5, 0.6) is 0 Å². The topological polar surface area (TPSA) is 66.9 Å². The molecule has 0 spiro atoms. The summed E-state index contributed by atoms with van der Waals surface area (Å²) in [6, 6.07) is 7.04. The maximum Gasteiger partial charge on any atom is 0.410 e. The number of piperidine rings is 1. The highest BCUT2D eigenvalue weighted by Gasteiger charge is 2.42. The van der Waals surface area contributed by atoms with E-state index in [2.05, 4.69) is 22.0 Å². The van der Waals surface area contributed by atoms with Gasteiger partial charge in [-0.25, -0.2) is 13.2 Å². The van der Waals surface area contributed by atoms with Gasteiger partial charge in [0.2, 0.25) is 10.0 Å². The molecule has 0 saturated carbocycles. The average Bonchev–Trinajstić information content (AvgIpc) is 2.74. The zero-order valence-corrected chi connectivity index (χ0v) is 18.7. The van der Waals surface area contributed by atoms with E-state index in [-0.39, 0.29) is 24.1 Å². The van der Waals surface area contributed by atoms with E-state index in [4.69, 9.17) is 4.74 Å². The maximum atomic E-state index is 13.0. The highest BCUT2D eigenvalue weighted by atomic mass is 79.9. The molecule has 2 fully saturated rings. The number of amides is 1. The number of carbonyl (C=O) groups is 1. The Balaban J connectivity index is 1.46. The number of ether oxygens (including phenoxy) is 1. The number of aryl methyl sites for hydroxylation is 1. The maximum absolute atomic E-state index is 13.0. The number of hydrogen-bond donors (Lipinski definition) is 0. The number of benzene rings is 1. The molecule has 1 amide bonds. The molecule has 2 aliphatic heterocycles. The Labute approximate surface area is 180 Å². The van der Waals surface area contributed by atoms with Crippen molar-refractivity contribution in [3.63, 3.8) is 0 Å². The molecular formula is C21H25BrN2O4S. The molecule has 2 unspecified atom stereocenters. The fraction of sp³-hybridized carbons (Fsp3) is 0.476. The van der Waals surface area contributed by atoms with Crippen LogP contribution in [0.2, 0.25) is 0 Å². The van der Waals surface area contributed by atoms with Gasteiger partial charge in [0.15, 0.2) is 0 Å². The fourth-order valence-electron chi connectivity index (χ4n) is 4.30. The lowest BCUT2D eigenvalue weighted by Crippen LogP contribution is -2.57. The fourth-order valence-corrected chi connectivity index (χ4v) is 6.26. The van der Waals surface area contributed by atoms with Gasteiger partial charge in [-0.15, -0.1) is 0 Å². The van der Waals surface area contributed by atoms with Crippen molar-refractivity contribution >= 4 is 32.0 Å². The van der Waals surface area contributed by atoms with Gasteiger partial charge in [-0.2, -0.15) is 4.31 Å². The van der Waals surface area contributed by atoms with E-state index in [0.29, 0.717) is 37.4 Å². The van der Waals surface area contributed by atoms with Crippen LogP contribution in [-0.2, 0) is 21.2 Å². The van der Waals surface area contributed by atoms with Crippen molar-refractivity contribution in [1.29, 1.82) is 0 Å². The van der Waals surface area contributed by atoms with Crippen molar-refractivity contribution in [2.45, 2.75) is 43.2 Å². The van der Waals surface area contributed by atoms with Crippen LogP contribution in [0.15, 0.2) is 51.9 Å². The van der Waals surface area contributed by atoms with Crippen LogP contribution in [0.3, 0.4) is 0 Å². The molecule has 0 bridgehead atoms. The minimum atomic E-state index is -3.52. The molecule has 2 saturated heterocycles. The molecule has 6 nitrogen and oxygen atoms in total. The molecule has 0 aromatic heterocycles. The standard InChI is InChI=1S/C21H25BrN2O4S/c1-2-15-3-6-19(7-4-15)29(26,27)23-11-9-18(10-12-23)24-20-8-5-17(22)13-16(20)14-28-21(24)25/h3-8,13,16,18,20H,2,9-12,14H2,1H3. The van der Waals surface area contributed by atoms with E-state index >= 15 is 0 Å². The quantitative estimate of drug-likeness (QED) is 0.658. The van der Waals surface area contributed by atoms with Gasteiger partial charge >= 0.3 is 6.09 Å². The Morgan fingerprint density at radius 2 is 1.86 bits per heavy atom. The predicted octanol–water partition coefficient (Wildman–Crippen LogP) is 3.69. The number of allylic oxidation sites excluding steroid dienone is 2. The zero-order chi connectivity index (χ0) is 20.6. The minimum absolute atomic E-state index is 0.0286. The second-order valence-electron chi connectivity index (χ2n) is 7.68. The molecular weight excluding hydrogens is 456 g/mol. The first-order valence-electron chi connectivity index (χ1n) is 10.00. The molecule has 4 rings (SSSR count). The number of hydrogen-bond acceptors (Lipinski definition) is 4. The Hall–Kier alpha value is -1.64. The van der Waals surface area contributed by atoms with E-state index in [9.17, 15) is 13.2 Å². The van der Waals surface area contributed by atoms with Crippen LogP contribution in [-0.4, -0.2) is 55.5 Å². The molecule has 8 heteroatoms. The summed E-state index contributed by atoms with van der Waals surface area (Å²) in [5.41, 5.74) is 1.11. The summed E-state index contributed by atoms with van der Waals surface area (Å²) >= 11 is 3.48. The molecule has 0 radical (unpaired) electrons. The summed E-state index contributed by atoms with van der Waals surface area (Å²) in [6.07, 6.45) is 7.84. The monoisotopic (exact) mass is 480 g/mol. The van der Waals surface area contributed by atoms with Crippen molar-refractivity contribution in [2.24, 2.45) is 5.92 Å². The van der Waals surface area contributed by atoms with Gasteiger partial charge in [0.05, 0.1) is 10.9 Å². The number of fused-ring (bicyclic) bond motifs is 1. The third-order valence-electron chi connectivity index (χ3n) is 5.98. The summed E-state index contributed by atoms with van der Waals surface area (Å²) in [5, 5.41) is 0. The van der Waals surface area contributed by atoms with E-state index in [1.165, 1.54) is 4.31 Å². The van der Waals surface area contributed by atoms with Crippen molar-refractivity contribution in [2.75, 3.05) is 19.7 Å². The Kier molecular flexibility index (Phi) is 5.86. The molecule has 0 N–H and O–H groups in total. The minimum Gasteiger partial charge on any atom is -0.449 e. The summed E-state index contributed by atoms with van der Waals surface area (Å²) in [4.78, 5) is 14.6. The van der Waals surface area contributed by atoms with E-state index in [0.717, 1.165) is 16.5 Å². The zero-order valence-electron chi connectivity index (χ0n) is 16.3. The number of rotatable bonds is 4. The lowest BCUT2D eigenvalue weighted by atomic mass is 9.90. The number of cyclic esters (lactones) is 1. The summed E-state index contributed by atoms with van der Waals surface area (Å²) in [5.74, 6) is 0.117. The second kappa shape index (κ2) is 8.24. The van der Waals surface area contributed by atoms with Crippen LogP contribution in [0.25, 0.3) is 0 Å². The predicted molar refractivity (Wildman–Crippen MR) is 114 cm³/mol. The first-order chi connectivity index (χ1) is 13.9. The van der Waals surface area contributed by atoms with Crippen molar-refractivity contribution in [1.82, 2.24) is 9.21 Å². The summed E-state index contributed by atoms with van der Waals surface area (Å²) < 4.78 is 33.9. The van der Waals surface area contributed by atoms with Gasteiger partial charge in [-0.3, -0.25) is 4.90 Å². The van der Waals surface area contributed by atoms with Gasteiger partial charge in [0.25, 0.3) is 0 Å². The molecule has 1 aliphatic carbocycles. The lowest BCUT2D eigenvalue weighted by molar-refractivity contribution is 0.00613. The Morgan fingerprint density at radius 1 is 1.17 bits per heavy atom. The lowest BCUT2D eigenvalue weighted by Gasteiger charge is -2.45. The van der Waals surface area contributed by atoms with Crippen LogP contribution in [0.4, 0.5) is 4.79 Å². The molecule has 3 aliphatic rings. The highest BCUT2D eigenvalue weighted by Crippen LogP contribution is 2.33. The van der Waals surface area contributed by atoms with Crippen molar-refractivity contribution in [3.05, 3.63) is 52.5 Å². The molecule has 2 heterocycles. The van der Waals surface area contributed by atoms with E-state index in [1.807, 2.05) is 31.2 Å². The first-order valence-corrected chi connectivity index (χ1v) is 12.2. The average molecular weight is 481 g/mol. The van der Waals surface area contributed by atoms with Crippen LogP contribution < -0.4 is 0 Å². The van der Waals surface area contributed by atoms with Gasteiger partial charge < -0.3 is 4.74 Å². The Bertz CT molecular complexity index is 934. The third-order valence-corrected chi connectivity index (χ3v) is 8.42. The number of sulfonamides is 1. The van der Waals surface area contributed by atoms with Crippen molar-refractivity contribution in [3.8, 4) is 0 Å². The van der Waals surface area contributed by atoms with E-state index < -0.39 is 10.0 Å². The van der Waals surface area contributed by atoms with Gasteiger partial charge in [-0.05, 0) is 37.0 Å². The van der Waals surface area contributed by atoms with Gasteiger partial charge in [0.1, 0.15) is 6.61 Å². The SMILES string of the molecule is CCc1ccc(S(=O)(=O)N2CCC(N3C(=O)OCC4C=C(Br)C=CC43)CC2)cc1. The second-order valence-corrected chi connectivity index (χ2v) is 10.5. The van der Waals surface area contributed by atoms with Gasteiger partial charge in [-0.1, -0.05) is 53.2 Å². The molecule has 2 atom stereocenters. The normalized spacial score (nSPS) is 26.1. The van der Waals surface area contributed by atoms with Crippen molar-refractivity contribution < 1.29 is 17.9 Å². The summed E-state index contributed by atoms with van der Waals surface area (Å²) in [6.45, 7) is 3.21. The smallest absolute Gasteiger partial charge is 0.410 e. The molecule has 1 aromatic rings. The van der Waals surface area contributed by atoms with Crippen LogP contribution >= 0.6 is 15.9 Å². The largest absolute Gasteiger partial charge is 0.449 e. The number of halogens is 1. The number of nitrogens with zero attached hydrogens (tertiary/aromatic N) is 2. The molecule has 1 aromatic carbocycles. The number of carbonyl (C=O) groups excluding carboxylic acids is 1. The summed E-state index contributed by atoms with van der Waals surface area (Å²) in [7, 11) is -3.52. The van der Waals surface area contributed by atoms with Crippen LogP contribution in [0, 0.1) is 5.92 Å². The van der Waals surface area contributed by atoms with Gasteiger partial charge in [0, 0.05) is 29.5 Å². The van der Waals surface area contributed by atoms with E-state index in [1.54, 1.807) is 17.0 Å². The molecule has 29 heavy (non-hydrogen) atoms. The highest BCUT2D eigenvalue weighted by molar-refractivity contribution is 9.11. The van der Waals surface area contributed by atoms with Crippen LogP contribution in [0.1, 0.15) is 25.3 Å². The molecule has 156 valence electrons. The Morgan fingerprint density at radius 3 is 2.52 bits per heavy atom. The third kappa shape index (κ3) is 4.02. The first kappa shape index (κ1) is 20.6.